The zero-order valence-corrected chi connectivity index (χ0v) is 37.1. The van der Waals surface area contributed by atoms with Crippen molar-refractivity contribution < 1.29 is 52.6 Å². The molecule has 0 aromatic heterocycles. The molecule has 0 bridgehead atoms. The van der Waals surface area contributed by atoms with Gasteiger partial charge in [0.25, 0.3) is 0 Å². The standard InChI is InChI=1S/C46H78NO11P/c1-3-4-5-6-7-8-9-10-14-18-21-24-27-30-33-36-44(49)55-38-42(39-56-59(53,54)57-40-43(47)46(51)52)58-45(50)37-34-31-28-25-22-19-16-13-11-12-15-17-20-23-26-29-32-35-41(2)48/h11,13,15,17,19,22-23,26,28,31-32,35,41-43,48H,3-10,12,14,16,18,20-21,24-25,27,29-30,33-34,36-40,47H2,1-2H3,(H,51,52)(H,53,54)/b13-11+,17-15+,22-19+,26-23+,31-28+,35-32-. The summed E-state index contributed by atoms with van der Waals surface area (Å²) in [6.45, 7) is 2.19. The fourth-order valence-corrected chi connectivity index (χ4v) is 6.35. The van der Waals surface area contributed by atoms with Crippen LogP contribution < -0.4 is 5.73 Å². The fraction of sp³-hybridized carbons (Fsp3) is 0.674. The third-order valence-corrected chi connectivity index (χ3v) is 9.95. The summed E-state index contributed by atoms with van der Waals surface area (Å²) < 4.78 is 32.6. The average Bonchev–Trinajstić information content (AvgIpc) is 3.20. The van der Waals surface area contributed by atoms with Crippen LogP contribution in [-0.4, -0.2) is 71.1 Å². The smallest absolute Gasteiger partial charge is 0.472 e. The molecule has 0 aliphatic heterocycles. The average molecular weight is 852 g/mol. The zero-order chi connectivity index (χ0) is 43.7. The maximum atomic E-state index is 12.6. The summed E-state index contributed by atoms with van der Waals surface area (Å²) in [5.41, 5.74) is 5.33. The van der Waals surface area contributed by atoms with Crippen LogP contribution in [0.3, 0.4) is 0 Å². The number of hydrogen-bond donors (Lipinski definition) is 4. The number of ether oxygens (including phenoxy) is 2. The van der Waals surface area contributed by atoms with Gasteiger partial charge in [-0.05, 0) is 51.9 Å². The number of phosphoric ester groups is 1. The molecule has 12 nitrogen and oxygen atoms in total. The minimum Gasteiger partial charge on any atom is -0.480 e. The van der Waals surface area contributed by atoms with E-state index in [-0.39, 0.29) is 19.4 Å². The molecule has 59 heavy (non-hydrogen) atoms. The van der Waals surface area contributed by atoms with Crippen LogP contribution in [0.4, 0.5) is 0 Å². The lowest BCUT2D eigenvalue weighted by Gasteiger charge is -2.20. The van der Waals surface area contributed by atoms with Gasteiger partial charge in [-0.2, -0.15) is 0 Å². The van der Waals surface area contributed by atoms with Crippen molar-refractivity contribution in [3.05, 3.63) is 72.9 Å². The van der Waals surface area contributed by atoms with Gasteiger partial charge in [-0.1, -0.05) is 170 Å². The molecule has 0 spiro atoms. The molecule has 0 rings (SSSR count). The highest BCUT2D eigenvalue weighted by Gasteiger charge is 2.28. The molecule has 0 heterocycles. The van der Waals surface area contributed by atoms with Crippen LogP contribution in [0.5, 0.6) is 0 Å². The van der Waals surface area contributed by atoms with Crippen LogP contribution in [0.25, 0.3) is 0 Å². The number of aliphatic carboxylic acids is 1. The number of rotatable bonds is 40. The van der Waals surface area contributed by atoms with Crippen molar-refractivity contribution in [3.63, 3.8) is 0 Å². The minimum atomic E-state index is -4.75. The number of phosphoric acid groups is 1. The van der Waals surface area contributed by atoms with Gasteiger partial charge in [-0.3, -0.25) is 23.4 Å². The Hall–Kier alpha value is -3.12. The van der Waals surface area contributed by atoms with Crippen molar-refractivity contribution in [1.29, 1.82) is 0 Å². The summed E-state index contributed by atoms with van der Waals surface area (Å²) in [4.78, 5) is 45.9. The van der Waals surface area contributed by atoms with Crippen LogP contribution in [0.15, 0.2) is 72.9 Å². The molecule has 4 atom stereocenters. The number of aliphatic hydroxyl groups excluding tert-OH is 1. The van der Waals surface area contributed by atoms with E-state index in [9.17, 15) is 28.9 Å². The van der Waals surface area contributed by atoms with Crippen molar-refractivity contribution in [2.75, 3.05) is 19.8 Å². The zero-order valence-electron chi connectivity index (χ0n) is 36.2. The third-order valence-electron chi connectivity index (χ3n) is 8.99. The largest absolute Gasteiger partial charge is 0.480 e. The molecular formula is C46H78NO11P. The molecule has 0 fully saturated rings. The minimum absolute atomic E-state index is 0.0244. The van der Waals surface area contributed by atoms with E-state index in [1.54, 1.807) is 13.0 Å². The summed E-state index contributed by atoms with van der Waals surface area (Å²) in [6.07, 6.45) is 45.5. The number of aliphatic hydroxyl groups is 1. The van der Waals surface area contributed by atoms with E-state index >= 15 is 0 Å². The van der Waals surface area contributed by atoms with Gasteiger partial charge in [0.15, 0.2) is 6.10 Å². The highest BCUT2D eigenvalue weighted by Crippen LogP contribution is 2.43. The third kappa shape index (κ3) is 41.4. The molecule has 338 valence electrons. The van der Waals surface area contributed by atoms with Gasteiger partial charge >= 0.3 is 25.7 Å². The fourth-order valence-electron chi connectivity index (χ4n) is 5.57. The molecule has 13 heteroatoms. The number of carboxylic acid groups (broad SMARTS) is 1. The predicted octanol–water partition coefficient (Wildman–Crippen LogP) is 10.7. The summed E-state index contributed by atoms with van der Waals surface area (Å²) in [7, 11) is -4.75. The van der Waals surface area contributed by atoms with Gasteiger partial charge in [0.2, 0.25) is 0 Å². The Morgan fingerprint density at radius 3 is 1.47 bits per heavy atom. The van der Waals surface area contributed by atoms with Crippen molar-refractivity contribution in [3.8, 4) is 0 Å². The number of carboxylic acids is 1. The molecule has 0 aromatic carbocycles. The van der Waals surface area contributed by atoms with E-state index in [0.29, 0.717) is 19.3 Å². The van der Waals surface area contributed by atoms with Crippen LogP contribution in [0.2, 0.25) is 0 Å². The SMILES string of the molecule is CCCCCCCCCCCCCCCCCC(=O)OCC(COP(=O)(O)OCC(N)C(=O)O)OC(=O)CC/C=C/C/C=C/C/C=C/C/C=C/C/C=C/C/C=C\C(C)O. The van der Waals surface area contributed by atoms with E-state index in [1.807, 2.05) is 24.3 Å². The Balaban J connectivity index is 4.49. The lowest BCUT2D eigenvalue weighted by Crippen LogP contribution is -2.34. The lowest BCUT2D eigenvalue weighted by atomic mass is 10.0. The van der Waals surface area contributed by atoms with Crippen LogP contribution in [-0.2, 0) is 37.5 Å². The summed E-state index contributed by atoms with van der Waals surface area (Å²) in [5, 5.41) is 18.1. The van der Waals surface area contributed by atoms with Gasteiger partial charge in [-0.25, -0.2) is 4.57 Å². The Morgan fingerprint density at radius 2 is 1.02 bits per heavy atom. The summed E-state index contributed by atoms with van der Waals surface area (Å²) in [5.74, 6) is -2.51. The van der Waals surface area contributed by atoms with Gasteiger partial charge in [0.1, 0.15) is 12.6 Å². The second kappa shape index (κ2) is 40.3. The van der Waals surface area contributed by atoms with Crippen molar-refractivity contribution in [1.82, 2.24) is 0 Å². The molecule has 0 radical (unpaired) electrons. The van der Waals surface area contributed by atoms with E-state index in [1.165, 1.54) is 70.6 Å². The monoisotopic (exact) mass is 852 g/mol. The van der Waals surface area contributed by atoms with E-state index in [0.717, 1.165) is 44.9 Å². The second-order valence-electron chi connectivity index (χ2n) is 14.7. The Kier molecular flexibility index (Phi) is 38.2. The Bertz CT molecular complexity index is 1290. The van der Waals surface area contributed by atoms with Crippen molar-refractivity contribution in [2.24, 2.45) is 5.73 Å². The lowest BCUT2D eigenvalue weighted by molar-refractivity contribution is -0.161. The highest BCUT2D eigenvalue weighted by molar-refractivity contribution is 7.47. The maximum Gasteiger partial charge on any atom is 0.472 e. The number of hydrogen-bond acceptors (Lipinski definition) is 10. The van der Waals surface area contributed by atoms with Crippen LogP contribution in [0.1, 0.15) is 162 Å². The van der Waals surface area contributed by atoms with Gasteiger partial charge in [0, 0.05) is 12.8 Å². The molecule has 4 unspecified atom stereocenters. The first-order valence-corrected chi connectivity index (χ1v) is 23.5. The molecule has 0 aliphatic carbocycles. The van der Waals surface area contributed by atoms with Crippen molar-refractivity contribution in [2.45, 2.75) is 180 Å². The molecule has 0 saturated heterocycles. The van der Waals surface area contributed by atoms with Gasteiger partial charge in [-0.15, -0.1) is 0 Å². The summed E-state index contributed by atoms with van der Waals surface area (Å²) >= 11 is 0. The topological polar surface area (TPSA) is 192 Å². The normalized spacial score (nSPS) is 14.9. The first-order valence-electron chi connectivity index (χ1n) is 22.0. The molecule has 0 aliphatic rings. The summed E-state index contributed by atoms with van der Waals surface area (Å²) in [6, 6.07) is -1.54. The molecule has 0 saturated carbocycles. The quantitative estimate of drug-likeness (QED) is 0.0198. The second-order valence-corrected chi connectivity index (χ2v) is 16.2. The first-order chi connectivity index (χ1) is 28.5. The molecule has 0 amide bonds. The Labute approximate surface area is 355 Å². The van der Waals surface area contributed by atoms with Crippen LogP contribution in [0, 0.1) is 0 Å². The maximum absolute atomic E-state index is 12.6. The molecular weight excluding hydrogens is 773 g/mol. The number of allylic oxidation sites excluding steroid dienone is 11. The number of nitrogens with two attached hydrogens (primary N) is 1. The van der Waals surface area contributed by atoms with Crippen LogP contribution >= 0.6 is 7.82 Å². The van der Waals surface area contributed by atoms with E-state index in [4.69, 9.17) is 24.8 Å². The number of esters is 2. The van der Waals surface area contributed by atoms with E-state index < -0.39 is 57.2 Å². The Morgan fingerprint density at radius 1 is 0.593 bits per heavy atom. The predicted molar refractivity (Wildman–Crippen MR) is 237 cm³/mol. The molecule has 0 aromatic rings. The van der Waals surface area contributed by atoms with E-state index in [2.05, 4.69) is 54.0 Å². The highest BCUT2D eigenvalue weighted by atomic mass is 31.2. The number of carbonyl (C=O) groups is 3. The molecule has 5 N–H and O–H groups in total. The van der Waals surface area contributed by atoms with Gasteiger partial charge in [0.05, 0.1) is 19.3 Å². The number of unbranched alkanes of at least 4 members (excludes halogenated alkanes) is 14. The number of carbonyl (C=O) groups excluding carboxylic acids is 2. The van der Waals surface area contributed by atoms with Crippen molar-refractivity contribution >= 4 is 25.7 Å². The van der Waals surface area contributed by atoms with Gasteiger partial charge < -0.3 is 30.3 Å². The first kappa shape index (κ1) is 55.9.